The summed E-state index contributed by atoms with van der Waals surface area (Å²) in [7, 11) is 26.0. The molecule has 3 aliphatic carbocycles. The van der Waals surface area contributed by atoms with E-state index in [2.05, 4.69) is 355 Å². The number of pyridine rings is 1. The Hall–Kier alpha value is -4.23. The Morgan fingerprint density at radius 1 is 0.252 bits per heavy atom. The van der Waals surface area contributed by atoms with Gasteiger partial charge in [-0.15, -0.1) is 22.7 Å². The zero-order valence-corrected chi connectivity index (χ0v) is 103. The maximum Gasteiger partial charge on any atom is 0.168 e. The SMILES string of the molecule is CCCCCCCCC1(CCCCCCCC)c2cc(C)ccc2-c2ccc(-c3ccc4c(c3)C(CCC[N+](C)(C)CC)(CCC[N+](C)(C)CC)c3cc(C)ccc3-4)cc21.CC[N+](C)(C)CCCC1(CCC[N+](C)(C)CC)c2cc(C)ccc2-c2ccc(-c3ccc(C)cc3)cc21.Cc1cc(CCCCCC[N+](C)(C)C)c(C)s1.Cc1cc(CCCCCC[n+]2ccccc2)c(C)s1.[Br-].[Br-].[Br-].[Br-].[Br-].[Br-]. The number of nitrogens with zero attached hydrogens (tertiary/aromatic N) is 6. The smallest absolute Gasteiger partial charge is 0.168 e. The molecule has 0 unspecified atom stereocenters. The summed E-state index contributed by atoms with van der Waals surface area (Å²) in [5, 5.41) is 0. The second-order valence-corrected chi connectivity index (χ2v) is 48.1. The van der Waals surface area contributed by atoms with Gasteiger partial charge in [0.25, 0.3) is 0 Å². The van der Waals surface area contributed by atoms with E-state index in [1.54, 1.807) is 44.5 Å². The highest BCUT2D eigenvalue weighted by Gasteiger charge is 2.47. The van der Waals surface area contributed by atoms with E-state index >= 15 is 0 Å². The van der Waals surface area contributed by atoms with Crippen molar-refractivity contribution in [3.05, 3.63) is 262 Å². The van der Waals surface area contributed by atoms with Crippen LogP contribution in [0, 0.1) is 55.4 Å². The number of quaternary nitrogens is 5. The number of aryl methyl sites for hydroxylation is 11. The minimum absolute atomic E-state index is 0. The topological polar surface area (TPSA) is 3.88 Å². The Kier molecular flexibility index (Phi) is 55.1. The van der Waals surface area contributed by atoms with E-state index < -0.39 is 0 Å². The van der Waals surface area contributed by atoms with E-state index in [1.165, 1.54) is 362 Å². The van der Waals surface area contributed by atoms with Crippen LogP contribution in [0.3, 0.4) is 0 Å². The number of hydrogen-bond acceptors (Lipinski definition) is 2. The Labute approximate surface area is 922 Å². The van der Waals surface area contributed by atoms with Gasteiger partial charge in [0, 0.05) is 54.3 Å². The van der Waals surface area contributed by atoms with Crippen LogP contribution >= 0.6 is 22.7 Å². The van der Waals surface area contributed by atoms with Crippen LogP contribution in [0.25, 0.3) is 55.6 Å². The van der Waals surface area contributed by atoms with Gasteiger partial charge in [0.1, 0.15) is 6.54 Å². The Bertz CT molecular complexity index is 5180. The Balaban J connectivity index is 0.000000432. The summed E-state index contributed by atoms with van der Waals surface area (Å²) in [6, 6.07) is 64.7. The predicted molar refractivity (Wildman–Crippen MR) is 586 cm³/mol. The molecule has 0 bridgehead atoms. The van der Waals surface area contributed by atoms with Crippen molar-refractivity contribution in [2.75, 3.05) is 136 Å². The van der Waals surface area contributed by atoms with E-state index in [9.17, 15) is 0 Å². The molecule has 6 nitrogen and oxygen atoms in total. The second-order valence-electron chi connectivity index (χ2n) is 45.2. The van der Waals surface area contributed by atoms with Crippen LogP contribution in [0.15, 0.2) is 176 Å². The van der Waals surface area contributed by atoms with Crippen molar-refractivity contribution < 1.29 is 129 Å². The molecule has 772 valence electrons. The van der Waals surface area contributed by atoms with Gasteiger partial charge in [0.15, 0.2) is 12.4 Å². The van der Waals surface area contributed by atoms with Crippen molar-refractivity contribution >= 4 is 22.7 Å². The molecule has 0 N–H and O–H groups in total. The van der Waals surface area contributed by atoms with E-state index in [-0.39, 0.29) is 118 Å². The summed E-state index contributed by atoms with van der Waals surface area (Å²) in [5.41, 5.74) is 32.8. The lowest BCUT2D eigenvalue weighted by Gasteiger charge is -2.36. The molecule has 14 heteroatoms. The lowest BCUT2D eigenvalue weighted by molar-refractivity contribution is -0.889. The fourth-order valence-corrected chi connectivity index (χ4v) is 24.0. The predicted octanol–water partition coefficient (Wildman–Crippen LogP) is 14.4. The maximum absolute atomic E-state index is 2.69. The minimum Gasteiger partial charge on any atom is -1.00 e. The molecule has 3 aromatic heterocycles. The molecule has 0 aliphatic heterocycles. The molecule has 0 saturated heterocycles. The van der Waals surface area contributed by atoms with Gasteiger partial charge in [0.2, 0.25) is 0 Å². The monoisotopic (exact) mass is 2310 g/mol. The van der Waals surface area contributed by atoms with Crippen LogP contribution < -0.4 is 106 Å². The fraction of sp³-hybridized carbons (Fsp3) is 0.560. The average Bonchev–Trinajstić information content (AvgIpc) is 1.55. The van der Waals surface area contributed by atoms with Gasteiger partial charge in [0.05, 0.1) is 136 Å². The first-order valence-electron chi connectivity index (χ1n) is 53.5. The van der Waals surface area contributed by atoms with Gasteiger partial charge in [-0.2, -0.15) is 0 Å². The van der Waals surface area contributed by atoms with Gasteiger partial charge in [-0.1, -0.05) is 247 Å². The number of halogens is 6. The fourth-order valence-electron chi connectivity index (χ4n) is 22.1. The van der Waals surface area contributed by atoms with E-state index in [0.717, 1.165) is 29.0 Å². The van der Waals surface area contributed by atoms with Crippen molar-refractivity contribution in [3.8, 4) is 55.6 Å². The molecule has 0 atom stereocenters. The molecule has 0 radical (unpaired) electrons. The van der Waals surface area contributed by atoms with Crippen molar-refractivity contribution in [3.63, 3.8) is 0 Å². The first-order valence-corrected chi connectivity index (χ1v) is 55.1. The zero-order valence-electron chi connectivity index (χ0n) is 91.7. The van der Waals surface area contributed by atoms with Crippen LogP contribution in [-0.4, -0.2) is 159 Å². The molecule has 0 fully saturated rings. The quantitative estimate of drug-likeness (QED) is 0.0203. The summed E-state index contributed by atoms with van der Waals surface area (Å²) < 4.78 is 7.72. The summed E-state index contributed by atoms with van der Waals surface area (Å²) in [5.74, 6) is 0. The molecule has 0 amide bonds. The van der Waals surface area contributed by atoms with Gasteiger partial charge in [-0.05, 0) is 323 Å². The number of aromatic nitrogens is 1. The van der Waals surface area contributed by atoms with Gasteiger partial charge >= 0.3 is 0 Å². The largest absolute Gasteiger partial charge is 1.00 e. The van der Waals surface area contributed by atoms with Crippen LogP contribution in [-0.2, 0) is 35.6 Å². The van der Waals surface area contributed by atoms with Crippen LogP contribution in [0.1, 0.15) is 320 Å². The highest BCUT2D eigenvalue weighted by Crippen LogP contribution is 2.59. The van der Waals surface area contributed by atoms with Crippen molar-refractivity contribution in [1.82, 2.24) is 0 Å². The van der Waals surface area contributed by atoms with Gasteiger partial charge in [-0.3, -0.25) is 0 Å². The summed E-state index contributed by atoms with van der Waals surface area (Å²) in [6.45, 7) is 44.0. The Morgan fingerprint density at radius 3 is 0.827 bits per heavy atom. The molecule has 3 aliphatic rings. The molecular weight excluding hydrogens is 2130 g/mol. The van der Waals surface area contributed by atoms with Crippen molar-refractivity contribution in [2.24, 2.45) is 0 Å². The highest BCUT2D eigenvalue weighted by molar-refractivity contribution is 7.12. The lowest BCUT2D eigenvalue weighted by atomic mass is 9.69. The van der Waals surface area contributed by atoms with Crippen LogP contribution in [0.4, 0.5) is 0 Å². The number of benzene rings is 7. The molecule has 0 saturated carbocycles. The summed E-state index contributed by atoms with van der Waals surface area (Å²) >= 11 is 3.87. The third-order valence-electron chi connectivity index (χ3n) is 31.8. The standard InChI is InChI=1S/C58H86N2.C35H50N2.C17H24NS.C15H28NS.6BrH/c1-11-15-17-19-21-23-35-57(36-24-22-20-18-16-12-2)53-41-45(5)27-31-49(53)51-33-29-47(43-55(51)57)48-30-34-52-50-32-28-46(6)42-54(50)58(56(52)44-48,37-25-39-59(7,8)13-3)38-26-40-60(9,10)14-4;1-9-36(5,6)23-11-21-35(22-12-24-37(7,8)10-2)33-25-28(4)15-19-31(33)32-20-18-30(26-34(32)35)29-16-13-27(3)14-17-29;1-15-14-17(16(2)19-15)10-6-3-4-7-11-18-12-8-5-9-13-18;1-13-12-15(14(2)17-13)10-8-6-7-9-11-16(3,4)5;;;;;;/h27-34,41-44H,11-26,35-40H2,1-10H3;13-20,25-26H,9-12,21-24H2,1-8H3;5,8-9,12-14H,3-4,6-7,10-11H2,1-2H3;12H,6-11H2,1-5H3;6*1H/q2*+2;2*+1;;;;;;/p-6. The average molecular weight is 2320 g/mol. The van der Waals surface area contributed by atoms with E-state index in [4.69, 9.17) is 0 Å². The van der Waals surface area contributed by atoms with Crippen molar-refractivity contribution in [2.45, 2.75) is 325 Å². The normalized spacial score (nSPS) is 13.2. The molecule has 13 rings (SSSR count). The zero-order chi connectivity index (χ0) is 96.2. The molecular formula is C125H188Br6N6S2. The summed E-state index contributed by atoms with van der Waals surface area (Å²) in [4.78, 5) is 5.95. The molecule has 0 spiro atoms. The minimum atomic E-state index is 0. The van der Waals surface area contributed by atoms with Crippen molar-refractivity contribution in [1.29, 1.82) is 0 Å². The number of thiophene rings is 2. The van der Waals surface area contributed by atoms with E-state index in [1.807, 2.05) is 22.7 Å². The third-order valence-corrected chi connectivity index (χ3v) is 33.8. The third kappa shape index (κ3) is 36.4. The number of fused-ring (bicyclic) bond motifs is 9. The van der Waals surface area contributed by atoms with Gasteiger partial charge < -0.3 is 124 Å². The van der Waals surface area contributed by atoms with E-state index in [0.29, 0.717) is 0 Å². The first kappa shape index (κ1) is 127. The molecule has 10 aromatic rings. The Morgan fingerprint density at radius 2 is 0.518 bits per heavy atom. The molecule has 7 aromatic carbocycles. The number of rotatable bonds is 50. The molecule has 139 heavy (non-hydrogen) atoms. The lowest BCUT2D eigenvalue weighted by Crippen LogP contribution is -3.00. The summed E-state index contributed by atoms with van der Waals surface area (Å²) in [6.07, 6.45) is 46.2. The molecule has 3 heterocycles. The maximum atomic E-state index is 2.69. The number of unbranched alkanes of at least 4 members (excludes halogenated alkanes) is 16. The van der Waals surface area contributed by atoms with Gasteiger partial charge in [-0.25, -0.2) is 4.57 Å². The van der Waals surface area contributed by atoms with Crippen LogP contribution in [0.2, 0.25) is 0 Å². The van der Waals surface area contributed by atoms with Crippen LogP contribution in [0.5, 0.6) is 0 Å². The highest BCUT2D eigenvalue weighted by atomic mass is 79.9. The first-order chi connectivity index (χ1) is 63.5. The number of hydrogen-bond donors (Lipinski definition) is 0. The second kappa shape index (κ2) is 60.3.